The predicted molar refractivity (Wildman–Crippen MR) is 65.6 cm³/mol. The summed E-state index contributed by atoms with van der Waals surface area (Å²) in [6.45, 7) is 4.12. The zero-order valence-electron chi connectivity index (χ0n) is 10.2. The van der Waals surface area contributed by atoms with Gasteiger partial charge in [-0.2, -0.15) is 0 Å². The van der Waals surface area contributed by atoms with Crippen molar-refractivity contribution in [1.82, 2.24) is 9.55 Å². The Morgan fingerprint density at radius 2 is 2.06 bits per heavy atom. The number of carbonyl (C=O) groups excluding carboxylic acids is 1. The zero-order chi connectivity index (χ0) is 12.6. The molecule has 0 aliphatic rings. The van der Waals surface area contributed by atoms with Gasteiger partial charge in [-0.1, -0.05) is 0 Å². The standard InChI is InChI=1S/C12H15N3O2/c1-7-4-9-10(5-8(7)2)15(12(13)14-9)6-11(16)17-3/h4-5H,6H2,1-3H3,(H2,13,14). The van der Waals surface area contributed by atoms with Crippen molar-refractivity contribution in [2.45, 2.75) is 20.4 Å². The van der Waals surface area contributed by atoms with E-state index in [4.69, 9.17) is 5.73 Å². The number of rotatable bonds is 2. The van der Waals surface area contributed by atoms with Crippen LogP contribution in [0.5, 0.6) is 0 Å². The number of hydrogen-bond donors (Lipinski definition) is 1. The minimum Gasteiger partial charge on any atom is -0.468 e. The van der Waals surface area contributed by atoms with Gasteiger partial charge in [-0.3, -0.25) is 9.36 Å². The highest BCUT2D eigenvalue weighted by molar-refractivity contribution is 5.82. The van der Waals surface area contributed by atoms with Gasteiger partial charge in [-0.25, -0.2) is 4.98 Å². The van der Waals surface area contributed by atoms with Gasteiger partial charge in [0.2, 0.25) is 5.95 Å². The van der Waals surface area contributed by atoms with E-state index in [-0.39, 0.29) is 12.5 Å². The maximum Gasteiger partial charge on any atom is 0.325 e. The van der Waals surface area contributed by atoms with E-state index in [0.717, 1.165) is 22.2 Å². The molecule has 0 atom stereocenters. The van der Waals surface area contributed by atoms with Crippen molar-refractivity contribution in [2.75, 3.05) is 12.8 Å². The Hall–Kier alpha value is -2.04. The number of aromatic nitrogens is 2. The van der Waals surface area contributed by atoms with Gasteiger partial charge in [0.25, 0.3) is 0 Å². The second kappa shape index (κ2) is 4.08. The number of ether oxygens (including phenoxy) is 1. The van der Waals surface area contributed by atoms with Crippen LogP contribution in [0.3, 0.4) is 0 Å². The van der Waals surface area contributed by atoms with Crippen molar-refractivity contribution < 1.29 is 9.53 Å². The number of nitrogens with zero attached hydrogens (tertiary/aromatic N) is 2. The molecule has 0 fully saturated rings. The molecule has 0 saturated carbocycles. The minimum absolute atomic E-state index is 0.0847. The first-order valence-electron chi connectivity index (χ1n) is 5.32. The Balaban J connectivity index is 2.58. The fourth-order valence-corrected chi connectivity index (χ4v) is 1.76. The highest BCUT2D eigenvalue weighted by Crippen LogP contribution is 2.21. The SMILES string of the molecule is COC(=O)Cn1c(N)nc2cc(C)c(C)cc21. The van der Waals surface area contributed by atoms with Gasteiger partial charge in [0, 0.05) is 0 Å². The lowest BCUT2D eigenvalue weighted by Crippen LogP contribution is -2.13. The molecule has 0 bridgehead atoms. The highest BCUT2D eigenvalue weighted by atomic mass is 16.5. The van der Waals surface area contributed by atoms with Gasteiger partial charge in [0.15, 0.2) is 0 Å². The van der Waals surface area contributed by atoms with Crippen LogP contribution in [-0.4, -0.2) is 22.6 Å². The Labute approximate surface area is 99.2 Å². The van der Waals surface area contributed by atoms with Crippen LogP contribution in [0, 0.1) is 13.8 Å². The zero-order valence-corrected chi connectivity index (χ0v) is 10.2. The summed E-state index contributed by atoms with van der Waals surface area (Å²) in [5, 5.41) is 0. The molecule has 5 nitrogen and oxygen atoms in total. The van der Waals surface area contributed by atoms with Gasteiger partial charge < -0.3 is 10.5 Å². The summed E-state index contributed by atoms with van der Waals surface area (Å²) in [5.74, 6) is -0.00960. The maximum absolute atomic E-state index is 11.3. The summed E-state index contributed by atoms with van der Waals surface area (Å²) >= 11 is 0. The van der Waals surface area contributed by atoms with E-state index >= 15 is 0 Å². The fourth-order valence-electron chi connectivity index (χ4n) is 1.76. The molecule has 0 aliphatic carbocycles. The smallest absolute Gasteiger partial charge is 0.325 e. The van der Waals surface area contributed by atoms with E-state index in [2.05, 4.69) is 9.72 Å². The van der Waals surface area contributed by atoms with Gasteiger partial charge in [0.1, 0.15) is 6.54 Å². The summed E-state index contributed by atoms with van der Waals surface area (Å²) in [6.07, 6.45) is 0. The molecule has 2 aromatic rings. The Morgan fingerprint density at radius 1 is 1.41 bits per heavy atom. The molecule has 1 aromatic heterocycles. The van der Waals surface area contributed by atoms with E-state index in [0.29, 0.717) is 5.95 Å². The third-order valence-electron chi connectivity index (χ3n) is 2.91. The van der Waals surface area contributed by atoms with Crippen LogP contribution in [0.25, 0.3) is 11.0 Å². The van der Waals surface area contributed by atoms with Crippen molar-refractivity contribution in [3.05, 3.63) is 23.3 Å². The van der Waals surface area contributed by atoms with E-state index < -0.39 is 0 Å². The van der Waals surface area contributed by atoms with E-state index in [1.807, 2.05) is 26.0 Å². The van der Waals surface area contributed by atoms with Crippen LogP contribution in [0.2, 0.25) is 0 Å². The van der Waals surface area contributed by atoms with Crippen molar-refractivity contribution in [2.24, 2.45) is 0 Å². The first-order valence-corrected chi connectivity index (χ1v) is 5.32. The molecule has 0 unspecified atom stereocenters. The molecule has 0 saturated heterocycles. The van der Waals surface area contributed by atoms with Gasteiger partial charge in [-0.05, 0) is 37.1 Å². The monoisotopic (exact) mass is 233 g/mol. The average Bonchev–Trinajstić information content (AvgIpc) is 2.56. The second-order valence-corrected chi connectivity index (χ2v) is 4.06. The number of aryl methyl sites for hydroxylation is 2. The maximum atomic E-state index is 11.3. The molecule has 0 amide bonds. The molecule has 1 aromatic carbocycles. The van der Waals surface area contributed by atoms with Crippen LogP contribution >= 0.6 is 0 Å². The summed E-state index contributed by atoms with van der Waals surface area (Å²) in [7, 11) is 1.35. The predicted octanol–water partition coefficient (Wildman–Crippen LogP) is 1.41. The lowest BCUT2D eigenvalue weighted by Gasteiger charge is -2.05. The Bertz CT molecular complexity index is 587. The Morgan fingerprint density at radius 3 is 2.71 bits per heavy atom. The number of carbonyl (C=O) groups is 1. The molecule has 17 heavy (non-hydrogen) atoms. The molecule has 0 radical (unpaired) electrons. The molecule has 5 heteroatoms. The van der Waals surface area contributed by atoms with Crippen LogP contribution in [0.15, 0.2) is 12.1 Å². The van der Waals surface area contributed by atoms with Crippen LogP contribution in [-0.2, 0) is 16.1 Å². The first-order chi connectivity index (χ1) is 8.02. The number of nitrogens with two attached hydrogens (primary N) is 1. The van der Waals surface area contributed by atoms with Crippen molar-refractivity contribution in [3.8, 4) is 0 Å². The summed E-state index contributed by atoms with van der Waals surface area (Å²) in [6, 6.07) is 3.95. The van der Waals surface area contributed by atoms with Gasteiger partial charge >= 0.3 is 5.97 Å². The lowest BCUT2D eigenvalue weighted by atomic mass is 10.1. The molecule has 1 heterocycles. The molecule has 90 valence electrons. The molecular formula is C12H15N3O2. The number of fused-ring (bicyclic) bond motifs is 1. The van der Waals surface area contributed by atoms with Crippen LogP contribution < -0.4 is 5.73 Å². The highest BCUT2D eigenvalue weighted by Gasteiger charge is 2.12. The van der Waals surface area contributed by atoms with Crippen LogP contribution in [0.4, 0.5) is 5.95 Å². The van der Waals surface area contributed by atoms with E-state index in [9.17, 15) is 4.79 Å². The van der Waals surface area contributed by atoms with Crippen molar-refractivity contribution in [3.63, 3.8) is 0 Å². The van der Waals surface area contributed by atoms with Crippen molar-refractivity contribution in [1.29, 1.82) is 0 Å². The number of hydrogen-bond acceptors (Lipinski definition) is 4. The van der Waals surface area contributed by atoms with E-state index in [1.54, 1.807) is 4.57 Å². The van der Waals surface area contributed by atoms with Crippen molar-refractivity contribution >= 4 is 23.0 Å². The molecule has 0 aliphatic heterocycles. The number of methoxy groups -OCH3 is 1. The molecule has 0 spiro atoms. The number of nitrogen functional groups attached to an aromatic ring is 1. The third-order valence-corrected chi connectivity index (χ3v) is 2.91. The molecular weight excluding hydrogens is 218 g/mol. The quantitative estimate of drug-likeness (QED) is 0.796. The number of anilines is 1. The average molecular weight is 233 g/mol. The number of imidazole rings is 1. The van der Waals surface area contributed by atoms with Crippen LogP contribution in [0.1, 0.15) is 11.1 Å². The summed E-state index contributed by atoms with van der Waals surface area (Å²) in [5.41, 5.74) is 9.75. The summed E-state index contributed by atoms with van der Waals surface area (Å²) < 4.78 is 6.30. The Kier molecular flexibility index (Phi) is 2.75. The topological polar surface area (TPSA) is 70.1 Å². The summed E-state index contributed by atoms with van der Waals surface area (Å²) in [4.78, 5) is 15.5. The fraction of sp³-hybridized carbons (Fsp3) is 0.333. The number of esters is 1. The molecule has 2 rings (SSSR count). The number of benzene rings is 1. The first kappa shape index (κ1) is 11.4. The lowest BCUT2D eigenvalue weighted by molar-refractivity contribution is -0.141. The third kappa shape index (κ3) is 1.95. The van der Waals surface area contributed by atoms with E-state index in [1.165, 1.54) is 7.11 Å². The largest absolute Gasteiger partial charge is 0.468 e. The second-order valence-electron chi connectivity index (χ2n) is 4.06. The minimum atomic E-state index is -0.339. The molecule has 2 N–H and O–H groups in total. The normalized spacial score (nSPS) is 10.8. The van der Waals surface area contributed by atoms with Gasteiger partial charge in [-0.15, -0.1) is 0 Å². The van der Waals surface area contributed by atoms with Gasteiger partial charge in [0.05, 0.1) is 18.1 Å².